The molecule has 0 aliphatic carbocycles. The number of hydrogen-bond acceptors (Lipinski definition) is 8. The number of phenolic OH excluding ortho intramolecular Hbond substituents is 1. The highest BCUT2D eigenvalue weighted by Gasteiger charge is 2.15. The van der Waals surface area contributed by atoms with Crippen LogP contribution in [-0.2, 0) is 4.79 Å². The van der Waals surface area contributed by atoms with Gasteiger partial charge in [0.05, 0.1) is 44.6 Å². The van der Waals surface area contributed by atoms with Crippen molar-refractivity contribution in [3.05, 3.63) is 81.4 Å². The lowest BCUT2D eigenvalue weighted by Crippen LogP contribution is -2.09. The average molecular weight is 507 g/mol. The summed E-state index contributed by atoms with van der Waals surface area (Å²) in [5.41, 5.74) is 1.66. The molecule has 0 aromatic heterocycles. The number of carbonyl (C=O) groups excluding carboxylic acids is 1. The predicted octanol–water partition coefficient (Wildman–Crippen LogP) is 5.16. The van der Waals surface area contributed by atoms with Gasteiger partial charge in [-0.3, -0.25) is 14.9 Å². The van der Waals surface area contributed by atoms with Gasteiger partial charge in [-0.1, -0.05) is 24.3 Å². The van der Waals surface area contributed by atoms with Gasteiger partial charge in [-0.2, -0.15) is 0 Å². The Labute approximate surface area is 213 Å². The molecule has 0 fully saturated rings. The number of hydrogen-bond donors (Lipinski definition) is 2. The summed E-state index contributed by atoms with van der Waals surface area (Å²) in [6.07, 6.45) is 6.00. The zero-order valence-corrected chi connectivity index (χ0v) is 20.7. The second kappa shape index (κ2) is 12.1. The summed E-state index contributed by atoms with van der Waals surface area (Å²) in [4.78, 5) is 23.2. The molecule has 0 aliphatic heterocycles. The van der Waals surface area contributed by atoms with E-state index < -0.39 is 10.8 Å². The van der Waals surface area contributed by atoms with Gasteiger partial charge >= 0.3 is 0 Å². The van der Waals surface area contributed by atoms with Crippen molar-refractivity contribution in [1.29, 1.82) is 0 Å². The zero-order chi connectivity index (χ0) is 26.9. The van der Waals surface area contributed by atoms with Gasteiger partial charge < -0.3 is 29.4 Å². The lowest BCUT2D eigenvalue weighted by Gasteiger charge is -2.13. The molecule has 0 heterocycles. The van der Waals surface area contributed by atoms with Gasteiger partial charge in [0.25, 0.3) is 5.69 Å². The first kappa shape index (κ1) is 26.6. The van der Waals surface area contributed by atoms with Gasteiger partial charge in [-0.25, -0.2) is 0 Å². The largest absolute Gasteiger partial charge is 0.504 e. The normalized spacial score (nSPS) is 10.9. The second-order valence-corrected chi connectivity index (χ2v) is 7.55. The lowest BCUT2D eigenvalue weighted by atomic mass is 10.1. The van der Waals surface area contributed by atoms with Gasteiger partial charge in [-0.05, 0) is 47.5 Å². The highest BCUT2D eigenvalue weighted by atomic mass is 16.6. The number of carbonyl (C=O) groups is 1. The number of methoxy groups -OCH3 is 4. The monoisotopic (exact) mass is 506 g/mol. The number of nitro benzene ring substituents is 1. The van der Waals surface area contributed by atoms with E-state index in [9.17, 15) is 20.0 Å². The first-order chi connectivity index (χ1) is 17.8. The number of phenols is 1. The average Bonchev–Trinajstić information content (AvgIpc) is 2.90. The third-order valence-electron chi connectivity index (χ3n) is 5.26. The van der Waals surface area contributed by atoms with Gasteiger partial charge in [0, 0.05) is 12.1 Å². The van der Waals surface area contributed by atoms with Crippen molar-refractivity contribution in [2.45, 2.75) is 0 Å². The fraction of sp³-hybridized carbons (Fsp3) is 0.148. The number of rotatable bonds is 10. The van der Waals surface area contributed by atoms with Crippen LogP contribution in [0, 0.1) is 10.1 Å². The molecule has 0 atom stereocenters. The van der Waals surface area contributed by atoms with E-state index in [1.807, 2.05) is 0 Å². The summed E-state index contributed by atoms with van der Waals surface area (Å²) in [7, 11) is 5.92. The number of para-hydroxylation sites is 1. The van der Waals surface area contributed by atoms with Crippen molar-refractivity contribution in [1.82, 2.24) is 0 Å². The Morgan fingerprint density at radius 2 is 1.46 bits per heavy atom. The quantitative estimate of drug-likeness (QED) is 0.167. The lowest BCUT2D eigenvalue weighted by molar-refractivity contribution is -0.385. The summed E-state index contributed by atoms with van der Waals surface area (Å²) in [5.74, 6) is 0.740. The van der Waals surface area contributed by atoms with Crippen molar-refractivity contribution in [2.75, 3.05) is 33.8 Å². The maximum atomic E-state index is 12.6. The maximum Gasteiger partial charge on any atom is 0.276 e. The van der Waals surface area contributed by atoms with Crippen LogP contribution in [0.5, 0.6) is 28.7 Å². The number of anilines is 1. The zero-order valence-electron chi connectivity index (χ0n) is 20.7. The van der Waals surface area contributed by atoms with E-state index in [4.69, 9.17) is 18.9 Å². The van der Waals surface area contributed by atoms with Crippen LogP contribution in [0.3, 0.4) is 0 Å². The molecule has 192 valence electrons. The van der Waals surface area contributed by atoms with Gasteiger partial charge in [0.2, 0.25) is 11.7 Å². The number of ether oxygens (including phenoxy) is 4. The summed E-state index contributed by atoms with van der Waals surface area (Å²) >= 11 is 0. The first-order valence-corrected chi connectivity index (χ1v) is 10.9. The van der Waals surface area contributed by atoms with Crippen LogP contribution in [0.1, 0.15) is 16.7 Å². The van der Waals surface area contributed by atoms with E-state index in [1.165, 1.54) is 52.7 Å². The van der Waals surface area contributed by atoms with E-state index in [0.717, 1.165) is 11.6 Å². The van der Waals surface area contributed by atoms with E-state index in [2.05, 4.69) is 5.32 Å². The molecule has 0 aliphatic rings. The Kier molecular flexibility index (Phi) is 8.71. The predicted molar refractivity (Wildman–Crippen MR) is 140 cm³/mol. The van der Waals surface area contributed by atoms with E-state index in [0.29, 0.717) is 22.8 Å². The van der Waals surface area contributed by atoms with Gasteiger partial charge in [0.15, 0.2) is 23.0 Å². The number of amides is 1. The number of nitrogens with zero attached hydrogens (tertiary/aromatic N) is 1. The second-order valence-electron chi connectivity index (χ2n) is 7.55. The number of aromatic hydroxyl groups is 1. The Bertz CT molecular complexity index is 1340. The van der Waals surface area contributed by atoms with Crippen molar-refractivity contribution >= 4 is 35.5 Å². The molecule has 3 rings (SSSR count). The number of nitrogens with one attached hydrogen (secondary N) is 1. The molecule has 10 heteroatoms. The number of benzene rings is 3. The first-order valence-electron chi connectivity index (χ1n) is 10.9. The molecule has 37 heavy (non-hydrogen) atoms. The molecule has 3 aromatic carbocycles. The minimum absolute atomic E-state index is 0.0670. The third-order valence-corrected chi connectivity index (χ3v) is 5.26. The molecule has 2 N–H and O–H groups in total. The Morgan fingerprint density at radius 1 is 0.865 bits per heavy atom. The van der Waals surface area contributed by atoms with Crippen LogP contribution in [0.25, 0.3) is 18.2 Å². The molecule has 0 saturated heterocycles. The molecular formula is C27H26N2O8. The highest BCUT2D eigenvalue weighted by Crippen LogP contribution is 2.39. The smallest absolute Gasteiger partial charge is 0.276 e. The number of nitro groups is 1. The van der Waals surface area contributed by atoms with Crippen LogP contribution in [0.4, 0.5) is 11.4 Å². The fourth-order valence-electron chi connectivity index (χ4n) is 3.56. The molecule has 10 nitrogen and oxygen atoms in total. The third kappa shape index (κ3) is 6.37. The summed E-state index contributed by atoms with van der Waals surface area (Å²) < 4.78 is 21.3. The maximum absolute atomic E-state index is 12.6. The molecule has 3 aromatic rings. The van der Waals surface area contributed by atoms with Crippen LogP contribution >= 0.6 is 0 Å². The minimum atomic E-state index is -0.568. The van der Waals surface area contributed by atoms with Gasteiger partial charge in [-0.15, -0.1) is 0 Å². The topological polar surface area (TPSA) is 129 Å². The molecule has 0 unspecified atom stereocenters. The van der Waals surface area contributed by atoms with Crippen LogP contribution in [0.2, 0.25) is 0 Å². The van der Waals surface area contributed by atoms with E-state index in [1.54, 1.807) is 42.5 Å². The molecule has 0 spiro atoms. The Balaban J connectivity index is 1.88. The van der Waals surface area contributed by atoms with Crippen molar-refractivity contribution in [2.24, 2.45) is 0 Å². The summed E-state index contributed by atoms with van der Waals surface area (Å²) in [5, 5.41) is 24.3. The van der Waals surface area contributed by atoms with Crippen molar-refractivity contribution < 1.29 is 33.8 Å². The SMILES string of the molecule is COc1cc(C=Cc2cc(O)c(OC)c(NC(=O)/C=C/c3ccccc3[N+](=O)[O-])c2)cc(OC)c1OC. The molecular weight excluding hydrogens is 480 g/mol. The van der Waals surface area contributed by atoms with E-state index in [-0.39, 0.29) is 28.4 Å². The summed E-state index contributed by atoms with van der Waals surface area (Å²) in [6.45, 7) is 0. The minimum Gasteiger partial charge on any atom is -0.504 e. The van der Waals surface area contributed by atoms with Crippen LogP contribution < -0.4 is 24.3 Å². The van der Waals surface area contributed by atoms with Crippen LogP contribution in [0.15, 0.2) is 54.6 Å². The standard InChI is InChI=1S/C27H26N2O8/c1-34-23-15-18(16-24(35-2)27(23)37-4)10-9-17-13-20(26(36-3)22(30)14-17)28-25(31)12-11-19-7-5-6-8-21(19)29(32)33/h5-16,30H,1-4H3,(H,28,31)/b10-9?,12-11+. The Hall–Kier alpha value is -4.99. The molecule has 1 amide bonds. The molecule has 0 radical (unpaired) electrons. The molecule has 0 bridgehead atoms. The Morgan fingerprint density at radius 3 is 2.03 bits per heavy atom. The fourth-order valence-corrected chi connectivity index (χ4v) is 3.56. The van der Waals surface area contributed by atoms with Gasteiger partial charge in [0.1, 0.15) is 0 Å². The summed E-state index contributed by atoms with van der Waals surface area (Å²) in [6, 6.07) is 12.7. The van der Waals surface area contributed by atoms with Crippen LogP contribution in [-0.4, -0.2) is 44.4 Å². The van der Waals surface area contributed by atoms with Crippen molar-refractivity contribution in [3.63, 3.8) is 0 Å². The van der Waals surface area contributed by atoms with E-state index >= 15 is 0 Å². The molecule has 0 saturated carbocycles. The van der Waals surface area contributed by atoms with Crippen molar-refractivity contribution in [3.8, 4) is 28.7 Å². The highest BCUT2D eigenvalue weighted by molar-refractivity contribution is 6.03.